The van der Waals surface area contributed by atoms with Gasteiger partial charge in [0.25, 0.3) is 0 Å². The Labute approximate surface area is 198 Å². The summed E-state index contributed by atoms with van der Waals surface area (Å²) in [4.78, 5) is 21.7. The van der Waals surface area contributed by atoms with Crippen molar-refractivity contribution in [2.24, 2.45) is 0 Å². The quantitative estimate of drug-likeness (QED) is 0.431. The van der Waals surface area contributed by atoms with Gasteiger partial charge in [-0.1, -0.05) is 0 Å². The van der Waals surface area contributed by atoms with Gasteiger partial charge in [-0.15, -0.1) is 5.10 Å². The number of carbonyl (C=O) groups is 1. The number of nitrogens with one attached hydrogen (secondary N) is 2. The van der Waals surface area contributed by atoms with Gasteiger partial charge in [0.1, 0.15) is 11.7 Å². The lowest BCUT2D eigenvalue weighted by atomic mass is 10.0. The molecule has 5 heterocycles. The molecule has 13 heteroatoms. The van der Waals surface area contributed by atoms with Crippen LogP contribution in [0.4, 0.5) is 24.9 Å². The molecule has 0 aliphatic carbocycles. The number of likely N-dealkylation sites (tertiary alicyclic amines) is 1. The van der Waals surface area contributed by atoms with Crippen molar-refractivity contribution in [3.63, 3.8) is 0 Å². The van der Waals surface area contributed by atoms with Gasteiger partial charge >= 0.3 is 0 Å². The van der Waals surface area contributed by atoms with Crippen molar-refractivity contribution >= 4 is 28.8 Å². The molecule has 2 N–H and O–H groups in total. The van der Waals surface area contributed by atoms with Crippen LogP contribution in [0.3, 0.4) is 0 Å². The van der Waals surface area contributed by atoms with E-state index in [1.54, 1.807) is 36.0 Å². The van der Waals surface area contributed by atoms with E-state index >= 15 is 0 Å². The Balaban J connectivity index is 1.47. The Morgan fingerprint density at radius 3 is 2.80 bits per heavy atom. The third-order valence-corrected chi connectivity index (χ3v) is 6.12. The first-order valence-electron chi connectivity index (χ1n) is 11.2. The summed E-state index contributed by atoms with van der Waals surface area (Å²) < 4.78 is 43.6. The molecule has 1 aliphatic rings. The largest absolute Gasteiger partial charge is 0.371 e. The minimum atomic E-state index is -2.51. The number of anilines is 2. The van der Waals surface area contributed by atoms with E-state index in [0.717, 1.165) is 0 Å². The van der Waals surface area contributed by atoms with Gasteiger partial charge in [-0.3, -0.25) is 4.79 Å². The molecule has 0 unspecified atom stereocenters. The van der Waals surface area contributed by atoms with Crippen molar-refractivity contribution in [3.8, 4) is 11.3 Å². The van der Waals surface area contributed by atoms with E-state index in [0.29, 0.717) is 46.9 Å². The molecule has 1 amide bonds. The topological polar surface area (TPSA) is 105 Å². The predicted octanol–water partition coefficient (Wildman–Crippen LogP) is 2.66. The molecule has 10 nitrogen and oxygen atoms in total. The number of carbonyl (C=O) groups excluding carboxylic acids is 1. The van der Waals surface area contributed by atoms with Gasteiger partial charge < -0.3 is 15.5 Å². The number of amides is 1. The minimum Gasteiger partial charge on any atom is -0.371 e. The first-order chi connectivity index (χ1) is 16.8. The highest BCUT2D eigenvalue weighted by atomic mass is 19.3. The molecule has 0 radical (unpaired) electrons. The maximum absolute atomic E-state index is 14.7. The number of hydrogen-bond acceptors (Lipinski definition) is 7. The number of rotatable bonds is 6. The molecule has 1 saturated heterocycles. The van der Waals surface area contributed by atoms with E-state index in [1.165, 1.54) is 22.5 Å². The second-order valence-corrected chi connectivity index (χ2v) is 8.41. The summed E-state index contributed by atoms with van der Waals surface area (Å²) in [5, 5.41) is 15.1. The van der Waals surface area contributed by atoms with E-state index in [1.807, 2.05) is 0 Å². The van der Waals surface area contributed by atoms with Crippen molar-refractivity contribution in [2.75, 3.05) is 30.8 Å². The van der Waals surface area contributed by atoms with Crippen LogP contribution in [-0.4, -0.2) is 78.8 Å². The summed E-state index contributed by atoms with van der Waals surface area (Å²) in [5.74, 6) is 0.578. The van der Waals surface area contributed by atoms with Gasteiger partial charge in [0.05, 0.1) is 36.6 Å². The Morgan fingerprint density at radius 1 is 1.26 bits per heavy atom. The maximum Gasteiger partial charge on any atom is 0.244 e. The van der Waals surface area contributed by atoms with E-state index < -0.39 is 25.1 Å². The third-order valence-electron chi connectivity index (χ3n) is 6.12. The van der Waals surface area contributed by atoms with E-state index in [-0.39, 0.29) is 18.4 Å². The van der Waals surface area contributed by atoms with Gasteiger partial charge in [0, 0.05) is 32.3 Å². The number of aromatic nitrogens is 6. The average molecular weight is 487 g/mol. The summed E-state index contributed by atoms with van der Waals surface area (Å²) in [6.07, 6.45) is -0.652. The molecule has 0 aromatic carbocycles. The smallest absolute Gasteiger partial charge is 0.244 e. The summed E-state index contributed by atoms with van der Waals surface area (Å²) in [6, 6.07) is 4.74. The summed E-state index contributed by atoms with van der Waals surface area (Å²) in [5.41, 5.74) is 2.64. The summed E-state index contributed by atoms with van der Waals surface area (Å²) in [6.45, 7) is 1.91. The zero-order valence-corrected chi connectivity index (χ0v) is 19.1. The number of nitrogens with zero attached hydrogens (tertiary/aromatic N) is 7. The van der Waals surface area contributed by atoms with Crippen LogP contribution in [0.1, 0.15) is 19.0 Å². The molecule has 184 valence electrons. The molecule has 0 bridgehead atoms. The Morgan fingerprint density at radius 2 is 2.09 bits per heavy atom. The van der Waals surface area contributed by atoms with Crippen molar-refractivity contribution < 1.29 is 18.0 Å². The summed E-state index contributed by atoms with van der Waals surface area (Å²) in [7, 11) is 1.71. The lowest BCUT2D eigenvalue weighted by Crippen LogP contribution is -2.49. The predicted molar refractivity (Wildman–Crippen MR) is 123 cm³/mol. The average Bonchev–Trinajstić information content (AvgIpc) is 3.43. The molecular weight excluding hydrogens is 463 g/mol. The molecule has 5 rings (SSSR count). The first kappa shape index (κ1) is 22.9. The zero-order valence-electron chi connectivity index (χ0n) is 19.1. The molecule has 0 spiro atoms. The minimum absolute atomic E-state index is 0.0255. The van der Waals surface area contributed by atoms with E-state index in [4.69, 9.17) is 0 Å². The van der Waals surface area contributed by atoms with E-state index in [9.17, 15) is 18.0 Å². The van der Waals surface area contributed by atoms with Crippen molar-refractivity contribution in [1.82, 2.24) is 34.1 Å². The number of piperidine rings is 1. The van der Waals surface area contributed by atoms with Crippen LogP contribution in [0.25, 0.3) is 22.4 Å². The molecule has 35 heavy (non-hydrogen) atoms. The number of hydrogen-bond donors (Lipinski definition) is 2. The van der Waals surface area contributed by atoms with Crippen LogP contribution in [0.15, 0.2) is 30.6 Å². The first-order valence-corrected chi connectivity index (χ1v) is 11.2. The fraction of sp³-hybridized carbons (Fsp3) is 0.409. The number of imidazole rings is 1. The van der Waals surface area contributed by atoms with Gasteiger partial charge in [-0.2, -0.15) is 10.1 Å². The SMILES string of the molecule is CNc1nc(N[C@H]2CCN(C(C)=O)C[C@H]2F)nn2ccc(-c3ccc4ncc(CC(F)F)n4n3)c12. The molecular formula is C22H24F3N9O. The fourth-order valence-corrected chi connectivity index (χ4v) is 4.35. The van der Waals surface area contributed by atoms with Crippen LogP contribution in [0, 0.1) is 0 Å². The van der Waals surface area contributed by atoms with Gasteiger partial charge in [-0.25, -0.2) is 27.2 Å². The summed E-state index contributed by atoms with van der Waals surface area (Å²) >= 11 is 0. The van der Waals surface area contributed by atoms with Gasteiger partial charge in [-0.05, 0) is 24.6 Å². The molecule has 1 fully saturated rings. The van der Waals surface area contributed by atoms with Gasteiger partial charge in [0.15, 0.2) is 11.5 Å². The molecule has 2 atom stereocenters. The monoisotopic (exact) mass is 487 g/mol. The Kier molecular flexibility index (Phi) is 5.91. The Hall–Kier alpha value is -3.90. The maximum atomic E-state index is 14.7. The van der Waals surface area contributed by atoms with Crippen molar-refractivity contribution in [1.29, 1.82) is 0 Å². The van der Waals surface area contributed by atoms with Crippen molar-refractivity contribution in [2.45, 2.75) is 38.4 Å². The zero-order chi connectivity index (χ0) is 24.7. The van der Waals surface area contributed by atoms with Crippen LogP contribution in [-0.2, 0) is 11.2 Å². The molecule has 0 saturated carbocycles. The number of alkyl halides is 3. The Bertz CT molecular complexity index is 1390. The molecule has 4 aromatic heterocycles. The van der Waals surface area contributed by atoms with Crippen LogP contribution < -0.4 is 10.6 Å². The highest BCUT2D eigenvalue weighted by Gasteiger charge is 2.31. The van der Waals surface area contributed by atoms with Crippen molar-refractivity contribution in [3.05, 3.63) is 36.3 Å². The molecule has 1 aliphatic heterocycles. The lowest BCUT2D eigenvalue weighted by Gasteiger charge is -2.34. The number of fused-ring (bicyclic) bond motifs is 2. The fourth-order valence-electron chi connectivity index (χ4n) is 4.35. The van der Waals surface area contributed by atoms with Crippen LogP contribution in [0.2, 0.25) is 0 Å². The van der Waals surface area contributed by atoms with E-state index in [2.05, 4.69) is 30.8 Å². The van der Waals surface area contributed by atoms with Crippen LogP contribution >= 0.6 is 0 Å². The van der Waals surface area contributed by atoms with Crippen LogP contribution in [0.5, 0.6) is 0 Å². The second kappa shape index (κ2) is 9.04. The third kappa shape index (κ3) is 4.33. The lowest BCUT2D eigenvalue weighted by molar-refractivity contribution is -0.131. The highest BCUT2D eigenvalue weighted by molar-refractivity contribution is 5.87. The van der Waals surface area contributed by atoms with Gasteiger partial charge in [0.2, 0.25) is 18.3 Å². The standard InChI is InChI=1S/C22H24F3N9O/c1-12(35)32-7-6-17(15(23)11-32)28-22-29-21(26-2)20-14(5-8-33(20)31-22)16-3-4-19-27-10-13(9-18(24)25)34(19)30-16/h3-5,8,10,15,17-18H,6-7,9,11H2,1-2H3,(H2,26,28,29,31)/t15-,17+/m1/s1. The molecule has 4 aromatic rings. The highest BCUT2D eigenvalue weighted by Crippen LogP contribution is 2.30. The normalized spacial score (nSPS) is 18.5. The number of halogens is 3. The second-order valence-electron chi connectivity index (χ2n) is 8.41.